The zero-order chi connectivity index (χ0) is 10.8. The van der Waals surface area contributed by atoms with Gasteiger partial charge < -0.3 is 10.1 Å². The van der Waals surface area contributed by atoms with Gasteiger partial charge >= 0.3 is 0 Å². The minimum atomic E-state index is -0.299. The number of hydrogen-bond donors (Lipinski definition) is 1. The van der Waals surface area contributed by atoms with Crippen molar-refractivity contribution in [3.8, 4) is 0 Å². The van der Waals surface area contributed by atoms with Gasteiger partial charge in [0.25, 0.3) is 0 Å². The normalized spacial score (nSPS) is 29.9. The first-order valence-corrected chi connectivity index (χ1v) is 5.48. The fraction of sp³-hybridized carbons (Fsp3) is 0.909. The second-order valence-corrected chi connectivity index (χ2v) is 4.73. The van der Waals surface area contributed by atoms with Crippen LogP contribution in [-0.2, 0) is 4.79 Å². The molecule has 3 nitrogen and oxygen atoms in total. The van der Waals surface area contributed by atoms with Gasteiger partial charge in [0.1, 0.15) is 6.29 Å². The Morgan fingerprint density at radius 1 is 1.36 bits per heavy atom. The third-order valence-electron chi connectivity index (χ3n) is 3.30. The molecule has 1 heterocycles. The average molecular weight is 198 g/mol. The number of rotatable bonds is 3. The lowest BCUT2D eigenvalue weighted by Crippen LogP contribution is -2.66. The van der Waals surface area contributed by atoms with Crippen LogP contribution in [0, 0.1) is 5.92 Å². The van der Waals surface area contributed by atoms with Crippen LogP contribution in [0.1, 0.15) is 27.7 Å². The minimum Gasteiger partial charge on any atom is -0.313 e. The molecule has 0 bridgehead atoms. The number of piperazine rings is 1. The summed E-state index contributed by atoms with van der Waals surface area (Å²) in [5.74, 6) is 0.357. The Labute approximate surface area is 86.9 Å². The Morgan fingerprint density at radius 3 is 2.36 bits per heavy atom. The highest BCUT2D eigenvalue weighted by Crippen LogP contribution is 2.26. The van der Waals surface area contributed by atoms with Crippen molar-refractivity contribution in [2.24, 2.45) is 5.92 Å². The van der Waals surface area contributed by atoms with Crippen LogP contribution in [0.25, 0.3) is 0 Å². The van der Waals surface area contributed by atoms with Crippen LogP contribution in [0.2, 0.25) is 0 Å². The van der Waals surface area contributed by atoms with Gasteiger partial charge in [0, 0.05) is 25.7 Å². The summed E-state index contributed by atoms with van der Waals surface area (Å²) >= 11 is 0. The van der Waals surface area contributed by atoms with Gasteiger partial charge in [0.05, 0.1) is 5.54 Å². The molecule has 3 heteroatoms. The van der Waals surface area contributed by atoms with E-state index in [4.69, 9.17) is 0 Å². The van der Waals surface area contributed by atoms with Gasteiger partial charge in [-0.15, -0.1) is 0 Å². The van der Waals surface area contributed by atoms with E-state index in [0.717, 1.165) is 25.9 Å². The summed E-state index contributed by atoms with van der Waals surface area (Å²) in [6, 6.07) is 0.435. The Balaban J connectivity index is 2.92. The van der Waals surface area contributed by atoms with Gasteiger partial charge in [0.2, 0.25) is 0 Å². The zero-order valence-electron chi connectivity index (χ0n) is 9.71. The van der Waals surface area contributed by atoms with Gasteiger partial charge in [-0.3, -0.25) is 4.90 Å². The SMILES string of the molecule is CC(C)N1CCNCC1(C=O)C(C)C. The molecule has 0 amide bonds. The van der Waals surface area contributed by atoms with Gasteiger partial charge in [-0.2, -0.15) is 0 Å². The summed E-state index contributed by atoms with van der Waals surface area (Å²) in [6.45, 7) is 11.3. The van der Waals surface area contributed by atoms with E-state index in [9.17, 15) is 4.79 Å². The maximum atomic E-state index is 11.4. The maximum Gasteiger partial charge on any atom is 0.141 e. The van der Waals surface area contributed by atoms with Crippen molar-refractivity contribution < 1.29 is 4.79 Å². The lowest BCUT2D eigenvalue weighted by Gasteiger charge is -2.48. The lowest BCUT2D eigenvalue weighted by atomic mass is 9.83. The number of nitrogens with zero attached hydrogens (tertiary/aromatic N) is 1. The number of aldehydes is 1. The van der Waals surface area contributed by atoms with E-state index in [-0.39, 0.29) is 5.54 Å². The molecule has 1 N–H and O–H groups in total. The molecule has 1 fully saturated rings. The molecule has 0 aliphatic carbocycles. The third kappa shape index (κ3) is 1.84. The Kier molecular flexibility index (Phi) is 3.67. The molecule has 1 rings (SSSR count). The number of carbonyl (C=O) groups excluding carboxylic acids is 1. The van der Waals surface area contributed by atoms with Crippen LogP contribution < -0.4 is 5.32 Å². The molecule has 1 aliphatic rings. The Bertz CT molecular complexity index is 203. The first-order chi connectivity index (χ1) is 6.54. The summed E-state index contributed by atoms with van der Waals surface area (Å²) in [6.07, 6.45) is 1.13. The Hall–Kier alpha value is -0.410. The molecule has 1 atom stereocenters. The van der Waals surface area contributed by atoms with Crippen molar-refractivity contribution >= 4 is 6.29 Å². The second kappa shape index (κ2) is 4.41. The molecular weight excluding hydrogens is 176 g/mol. The standard InChI is InChI=1S/C11H22N2O/c1-9(2)11(8-14)7-12-5-6-13(11)10(3)4/h8-10,12H,5-7H2,1-4H3. The van der Waals surface area contributed by atoms with Gasteiger partial charge in [-0.1, -0.05) is 13.8 Å². The van der Waals surface area contributed by atoms with Gasteiger partial charge in [-0.25, -0.2) is 0 Å². The fourth-order valence-electron chi connectivity index (χ4n) is 2.32. The van der Waals surface area contributed by atoms with Crippen LogP contribution in [-0.4, -0.2) is 42.4 Å². The quantitative estimate of drug-likeness (QED) is 0.684. The molecular formula is C11H22N2O. The molecule has 0 saturated carbocycles. The average Bonchev–Trinajstić information content (AvgIpc) is 2.17. The molecule has 0 spiro atoms. The molecule has 1 saturated heterocycles. The molecule has 82 valence electrons. The summed E-state index contributed by atoms with van der Waals surface area (Å²) in [4.78, 5) is 13.7. The minimum absolute atomic E-state index is 0.299. The first-order valence-electron chi connectivity index (χ1n) is 5.48. The van der Waals surface area contributed by atoms with Crippen molar-refractivity contribution in [3.05, 3.63) is 0 Å². The largest absolute Gasteiger partial charge is 0.313 e. The van der Waals surface area contributed by atoms with Crippen molar-refractivity contribution in [1.29, 1.82) is 0 Å². The van der Waals surface area contributed by atoms with Crippen molar-refractivity contribution in [1.82, 2.24) is 10.2 Å². The Morgan fingerprint density at radius 2 is 2.00 bits per heavy atom. The highest BCUT2D eigenvalue weighted by Gasteiger charge is 2.42. The van der Waals surface area contributed by atoms with Crippen LogP contribution in [0.3, 0.4) is 0 Å². The van der Waals surface area contributed by atoms with Crippen molar-refractivity contribution in [3.63, 3.8) is 0 Å². The topological polar surface area (TPSA) is 32.3 Å². The van der Waals surface area contributed by atoms with E-state index < -0.39 is 0 Å². The predicted octanol–water partition coefficient (Wildman–Crippen LogP) is 0.894. The van der Waals surface area contributed by atoms with E-state index in [1.807, 2.05) is 0 Å². The van der Waals surface area contributed by atoms with Crippen molar-refractivity contribution in [2.45, 2.75) is 39.3 Å². The zero-order valence-corrected chi connectivity index (χ0v) is 9.71. The predicted molar refractivity (Wildman–Crippen MR) is 58.3 cm³/mol. The summed E-state index contributed by atoms with van der Waals surface area (Å²) in [5, 5.41) is 3.32. The fourth-order valence-corrected chi connectivity index (χ4v) is 2.32. The monoisotopic (exact) mass is 198 g/mol. The van der Waals surface area contributed by atoms with E-state index in [1.165, 1.54) is 0 Å². The number of hydrogen-bond acceptors (Lipinski definition) is 3. The second-order valence-electron chi connectivity index (χ2n) is 4.73. The van der Waals surface area contributed by atoms with Crippen molar-refractivity contribution in [2.75, 3.05) is 19.6 Å². The molecule has 0 aromatic rings. The first kappa shape index (κ1) is 11.7. The molecule has 0 radical (unpaired) electrons. The highest BCUT2D eigenvalue weighted by molar-refractivity contribution is 5.65. The lowest BCUT2D eigenvalue weighted by molar-refractivity contribution is -0.125. The van der Waals surface area contributed by atoms with Gasteiger partial charge in [-0.05, 0) is 19.8 Å². The van der Waals surface area contributed by atoms with Crippen LogP contribution in [0.4, 0.5) is 0 Å². The summed E-state index contributed by atoms with van der Waals surface area (Å²) in [5.41, 5.74) is -0.299. The molecule has 1 unspecified atom stereocenters. The van der Waals surface area contributed by atoms with Crippen LogP contribution in [0.5, 0.6) is 0 Å². The van der Waals surface area contributed by atoms with Gasteiger partial charge in [0.15, 0.2) is 0 Å². The van der Waals surface area contributed by atoms with Crippen LogP contribution >= 0.6 is 0 Å². The number of nitrogens with one attached hydrogen (secondary N) is 1. The third-order valence-corrected chi connectivity index (χ3v) is 3.30. The molecule has 0 aromatic heterocycles. The van der Waals surface area contributed by atoms with Crippen LogP contribution in [0.15, 0.2) is 0 Å². The smallest absolute Gasteiger partial charge is 0.141 e. The van der Waals surface area contributed by atoms with E-state index in [0.29, 0.717) is 12.0 Å². The van der Waals surface area contributed by atoms with E-state index in [1.54, 1.807) is 0 Å². The summed E-state index contributed by atoms with van der Waals surface area (Å²) in [7, 11) is 0. The van der Waals surface area contributed by atoms with E-state index >= 15 is 0 Å². The summed E-state index contributed by atoms with van der Waals surface area (Å²) < 4.78 is 0. The van der Waals surface area contributed by atoms with E-state index in [2.05, 4.69) is 37.9 Å². The highest BCUT2D eigenvalue weighted by atomic mass is 16.1. The maximum absolute atomic E-state index is 11.4. The number of carbonyl (C=O) groups is 1. The molecule has 14 heavy (non-hydrogen) atoms. The molecule has 0 aromatic carbocycles. The molecule has 1 aliphatic heterocycles.